The summed E-state index contributed by atoms with van der Waals surface area (Å²) in [6.45, 7) is 6.56. The molecule has 1 rings (SSSR count). The minimum atomic E-state index is -0.432. The van der Waals surface area contributed by atoms with E-state index in [1.807, 2.05) is 19.1 Å². The molecular formula is C12H16O3. The lowest BCUT2D eigenvalue weighted by Gasteiger charge is -2.14. The molecule has 1 heterocycles. The molecule has 2 unspecified atom stereocenters. The maximum atomic E-state index is 11.5. The zero-order valence-corrected chi connectivity index (χ0v) is 9.53. The summed E-state index contributed by atoms with van der Waals surface area (Å²) < 4.78 is 5.50. The quantitative estimate of drug-likeness (QED) is 0.666. The highest BCUT2D eigenvalue weighted by Crippen LogP contribution is 2.33. The van der Waals surface area contributed by atoms with Crippen LogP contribution in [0.2, 0.25) is 0 Å². The van der Waals surface area contributed by atoms with E-state index in [1.165, 1.54) is 13.8 Å². The minimum absolute atomic E-state index is 0.0276. The van der Waals surface area contributed by atoms with Crippen molar-refractivity contribution in [3.05, 3.63) is 23.5 Å². The van der Waals surface area contributed by atoms with Crippen LogP contribution in [0.5, 0.6) is 0 Å². The predicted octanol–water partition coefficient (Wildman–Crippen LogP) is 2.03. The van der Waals surface area contributed by atoms with Gasteiger partial charge < -0.3 is 4.74 Å². The molecule has 0 fully saturated rings. The lowest BCUT2D eigenvalue weighted by molar-refractivity contribution is -0.123. The summed E-state index contributed by atoms with van der Waals surface area (Å²) in [6, 6.07) is 0. The van der Waals surface area contributed by atoms with Gasteiger partial charge in [-0.25, -0.2) is 0 Å². The van der Waals surface area contributed by atoms with Crippen LogP contribution >= 0.6 is 0 Å². The minimum Gasteiger partial charge on any atom is -0.489 e. The Labute approximate surface area is 89.8 Å². The molecule has 0 bridgehead atoms. The molecule has 0 aromatic rings. The van der Waals surface area contributed by atoms with E-state index in [0.29, 0.717) is 11.3 Å². The number of ketones is 2. The fraction of sp³-hybridized carbons (Fsp3) is 0.500. The summed E-state index contributed by atoms with van der Waals surface area (Å²) in [5, 5.41) is 0. The first kappa shape index (κ1) is 11.7. The third kappa shape index (κ3) is 2.17. The molecule has 3 heteroatoms. The molecule has 15 heavy (non-hydrogen) atoms. The molecule has 0 aliphatic carbocycles. The number of hydrogen-bond acceptors (Lipinski definition) is 3. The second-order valence-electron chi connectivity index (χ2n) is 3.72. The summed E-state index contributed by atoms with van der Waals surface area (Å²) in [7, 11) is 0. The number of hydrogen-bond donors (Lipinski definition) is 0. The molecule has 0 aromatic carbocycles. The van der Waals surface area contributed by atoms with Gasteiger partial charge in [0.2, 0.25) is 0 Å². The van der Waals surface area contributed by atoms with Gasteiger partial charge in [0, 0.05) is 5.57 Å². The second kappa shape index (κ2) is 4.43. The second-order valence-corrected chi connectivity index (χ2v) is 3.72. The molecule has 1 aliphatic rings. The van der Waals surface area contributed by atoms with Gasteiger partial charge in [-0.1, -0.05) is 6.08 Å². The Morgan fingerprint density at radius 2 is 1.93 bits per heavy atom. The molecule has 82 valence electrons. The SMILES string of the molecule is C/C=C/C1OC(C)=C(C(C)=O)C1C(C)=O. The van der Waals surface area contributed by atoms with Crippen molar-refractivity contribution in [3.8, 4) is 0 Å². The van der Waals surface area contributed by atoms with E-state index in [-0.39, 0.29) is 17.7 Å². The van der Waals surface area contributed by atoms with Crippen molar-refractivity contribution in [1.82, 2.24) is 0 Å². The van der Waals surface area contributed by atoms with Gasteiger partial charge in [0.15, 0.2) is 5.78 Å². The Morgan fingerprint density at radius 3 is 2.33 bits per heavy atom. The topological polar surface area (TPSA) is 43.4 Å². The lowest BCUT2D eigenvalue weighted by atomic mass is 9.89. The smallest absolute Gasteiger partial charge is 0.160 e. The molecule has 0 radical (unpaired) electrons. The van der Waals surface area contributed by atoms with E-state index in [0.717, 1.165) is 0 Å². The maximum absolute atomic E-state index is 11.5. The first-order chi connectivity index (χ1) is 6.99. The lowest BCUT2D eigenvalue weighted by Crippen LogP contribution is -2.25. The van der Waals surface area contributed by atoms with Gasteiger partial charge in [-0.3, -0.25) is 9.59 Å². The van der Waals surface area contributed by atoms with Crippen LogP contribution in [0.25, 0.3) is 0 Å². The maximum Gasteiger partial charge on any atom is 0.160 e. The van der Waals surface area contributed by atoms with Crippen LogP contribution in [0.15, 0.2) is 23.5 Å². The normalized spacial score (nSPS) is 25.9. The summed E-state index contributed by atoms with van der Waals surface area (Å²) in [6.07, 6.45) is 3.33. The molecule has 3 nitrogen and oxygen atoms in total. The Hall–Kier alpha value is -1.38. The number of carbonyl (C=O) groups is 2. The molecular weight excluding hydrogens is 192 g/mol. The van der Waals surface area contributed by atoms with Gasteiger partial charge in [0.1, 0.15) is 17.6 Å². The molecule has 0 saturated heterocycles. The van der Waals surface area contributed by atoms with E-state index < -0.39 is 5.92 Å². The molecule has 0 saturated carbocycles. The van der Waals surface area contributed by atoms with Crippen LogP contribution < -0.4 is 0 Å². The van der Waals surface area contributed by atoms with Gasteiger partial charge in [-0.2, -0.15) is 0 Å². The first-order valence-corrected chi connectivity index (χ1v) is 5.00. The fourth-order valence-electron chi connectivity index (χ4n) is 1.96. The van der Waals surface area contributed by atoms with Crippen LogP contribution in [0.4, 0.5) is 0 Å². The highest BCUT2D eigenvalue weighted by molar-refractivity contribution is 6.01. The summed E-state index contributed by atoms with van der Waals surface area (Å²) >= 11 is 0. The Bertz CT molecular complexity index is 350. The van der Waals surface area contributed by atoms with Crippen LogP contribution in [-0.2, 0) is 14.3 Å². The monoisotopic (exact) mass is 208 g/mol. The van der Waals surface area contributed by atoms with Crippen molar-refractivity contribution in [2.24, 2.45) is 5.92 Å². The molecule has 0 amide bonds. The highest BCUT2D eigenvalue weighted by Gasteiger charge is 2.38. The van der Waals surface area contributed by atoms with E-state index in [4.69, 9.17) is 4.74 Å². The third-order valence-electron chi connectivity index (χ3n) is 2.53. The summed E-state index contributed by atoms with van der Waals surface area (Å²) in [4.78, 5) is 22.9. The molecule has 0 spiro atoms. The van der Waals surface area contributed by atoms with Crippen molar-refractivity contribution in [2.45, 2.75) is 33.8 Å². The van der Waals surface area contributed by atoms with Gasteiger partial charge in [-0.05, 0) is 33.8 Å². The van der Waals surface area contributed by atoms with Crippen molar-refractivity contribution in [1.29, 1.82) is 0 Å². The largest absolute Gasteiger partial charge is 0.489 e. The average molecular weight is 208 g/mol. The Kier molecular flexibility index (Phi) is 3.45. The third-order valence-corrected chi connectivity index (χ3v) is 2.53. The van der Waals surface area contributed by atoms with Crippen molar-refractivity contribution in [3.63, 3.8) is 0 Å². The van der Waals surface area contributed by atoms with E-state index in [9.17, 15) is 9.59 Å². The van der Waals surface area contributed by atoms with Crippen molar-refractivity contribution < 1.29 is 14.3 Å². The van der Waals surface area contributed by atoms with Crippen LogP contribution in [0, 0.1) is 5.92 Å². The number of Topliss-reactive ketones (excluding diaryl/α,β-unsaturated/α-hetero) is 2. The van der Waals surface area contributed by atoms with Gasteiger partial charge in [0.05, 0.1) is 5.92 Å². The van der Waals surface area contributed by atoms with E-state index in [1.54, 1.807) is 6.92 Å². The summed E-state index contributed by atoms with van der Waals surface area (Å²) in [5.41, 5.74) is 0.519. The highest BCUT2D eigenvalue weighted by atomic mass is 16.5. The van der Waals surface area contributed by atoms with Gasteiger partial charge in [0.25, 0.3) is 0 Å². The Morgan fingerprint density at radius 1 is 1.33 bits per heavy atom. The molecule has 1 aliphatic heterocycles. The van der Waals surface area contributed by atoms with Crippen LogP contribution in [0.3, 0.4) is 0 Å². The van der Waals surface area contributed by atoms with E-state index >= 15 is 0 Å². The zero-order chi connectivity index (χ0) is 11.6. The van der Waals surface area contributed by atoms with E-state index in [2.05, 4.69) is 0 Å². The predicted molar refractivity (Wildman–Crippen MR) is 57.2 cm³/mol. The number of allylic oxidation sites excluding steroid dienone is 2. The molecule has 0 aromatic heterocycles. The van der Waals surface area contributed by atoms with Crippen molar-refractivity contribution in [2.75, 3.05) is 0 Å². The average Bonchev–Trinajstić information content (AvgIpc) is 2.42. The number of rotatable bonds is 3. The van der Waals surface area contributed by atoms with Crippen LogP contribution in [0.1, 0.15) is 27.7 Å². The van der Waals surface area contributed by atoms with Gasteiger partial charge >= 0.3 is 0 Å². The number of ether oxygens (including phenoxy) is 1. The van der Waals surface area contributed by atoms with Gasteiger partial charge in [-0.15, -0.1) is 0 Å². The standard InChI is InChI=1S/C12H16O3/c1-5-6-10-12(8(3)14)11(7(2)13)9(4)15-10/h5-6,10,12H,1-4H3/b6-5+. The molecule has 0 N–H and O–H groups in total. The fourth-order valence-corrected chi connectivity index (χ4v) is 1.96. The van der Waals surface area contributed by atoms with Crippen LogP contribution in [-0.4, -0.2) is 17.7 Å². The van der Waals surface area contributed by atoms with Crippen molar-refractivity contribution >= 4 is 11.6 Å². The zero-order valence-electron chi connectivity index (χ0n) is 9.53. The number of carbonyl (C=O) groups excluding carboxylic acids is 2. The molecule has 2 atom stereocenters. The summed E-state index contributed by atoms with van der Waals surface area (Å²) in [5.74, 6) is 0.0318. The Balaban J connectivity index is 3.09. The first-order valence-electron chi connectivity index (χ1n) is 5.00.